The second-order valence-corrected chi connectivity index (χ2v) is 6.48. The Morgan fingerprint density at radius 1 is 1.26 bits per heavy atom. The van der Waals surface area contributed by atoms with Gasteiger partial charge in [0.05, 0.1) is 0 Å². The molecule has 0 radical (unpaired) electrons. The number of nitrogens with zero attached hydrogens (tertiary/aromatic N) is 2. The van der Waals surface area contributed by atoms with Gasteiger partial charge >= 0.3 is 0 Å². The molecule has 0 saturated carbocycles. The van der Waals surface area contributed by atoms with E-state index >= 15 is 0 Å². The first-order chi connectivity index (χ1) is 13.0. The van der Waals surface area contributed by atoms with Crippen molar-refractivity contribution in [2.45, 2.75) is 19.9 Å². The summed E-state index contributed by atoms with van der Waals surface area (Å²) in [5.41, 5.74) is 2.43. The summed E-state index contributed by atoms with van der Waals surface area (Å²) in [5.74, 6) is 0.433. The van der Waals surface area contributed by atoms with Crippen molar-refractivity contribution in [2.75, 3.05) is 6.61 Å². The molecule has 1 atom stereocenters. The predicted octanol–water partition coefficient (Wildman–Crippen LogP) is 3.46. The molecule has 0 spiro atoms. The number of hydrogen-bond donors (Lipinski definition) is 1. The van der Waals surface area contributed by atoms with Gasteiger partial charge in [-0.25, -0.2) is 9.37 Å². The maximum absolute atomic E-state index is 14.3. The highest BCUT2D eigenvalue weighted by molar-refractivity contribution is 5.78. The maximum atomic E-state index is 14.3. The number of amides is 1. The molecule has 0 aliphatic heterocycles. The summed E-state index contributed by atoms with van der Waals surface area (Å²) < 4.78 is 21.7. The highest BCUT2D eigenvalue weighted by Gasteiger charge is 2.23. The van der Waals surface area contributed by atoms with E-state index in [1.165, 1.54) is 6.07 Å². The van der Waals surface area contributed by atoms with Crippen LogP contribution in [0.15, 0.2) is 54.9 Å². The molecule has 0 unspecified atom stereocenters. The first-order valence-electron chi connectivity index (χ1n) is 8.67. The topological polar surface area (TPSA) is 56.1 Å². The third kappa shape index (κ3) is 4.34. The predicted molar refractivity (Wildman–Crippen MR) is 101 cm³/mol. The maximum Gasteiger partial charge on any atom is 0.258 e. The largest absolute Gasteiger partial charge is 0.484 e. The minimum atomic E-state index is -0.707. The fourth-order valence-electron chi connectivity index (χ4n) is 2.95. The van der Waals surface area contributed by atoms with Crippen LogP contribution in [0.1, 0.15) is 28.6 Å². The van der Waals surface area contributed by atoms with Crippen molar-refractivity contribution < 1.29 is 13.9 Å². The number of benzene rings is 2. The zero-order valence-electron chi connectivity index (χ0n) is 15.6. The molecular formula is C21H22FN3O2. The average molecular weight is 367 g/mol. The molecule has 0 fully saturated rings. The van der Waals surface area contributed by atoms with Crippen molar-refractivity contribution in [3.8, 4) is 5.75 Å². The van der Waals surface area contributed by atoms with Crippen LogP contribution in [0.2, 0.25) is 0 Å². The standard InChI is InChI=1S/C21H22FN3O2/c1-14-8-9-18(15(2)12-14)27-13-19(26)24-20(21-23-10-11-25(21)3)16-6-4-5-7-17(16)22/h4-12,20H,13H2,1-3H3,(H,24,26)/t20-/m1/s1. The van der Waals surface area contributed by atoms with Crippen molar-refractivity contribution in [3.05, 3.63) is 83.2 Å². The molecule has 3 aromatic rings. The van der Waals surface area contributed by atoms with Crippen LogP contribution in [0.5, 0.6) is 5.75 Å². The third-order valence-corrected chi connectivity index (χ3v) is 4.33. The van der Waals surface area contributed by atoms with Gasteiger partial charge in [-0.2, -0.15) is 0 Å². The first kappa shape index (κ1) is 18.6. The van der Waals surface area contributed by atoms with Crippen molar-refractivity contribution >= 4 is 5.91 Å². The number of aromatic nitrogens is 2. The monoisotopic (exact) mass is 367 g/mol. The molecule has 1 N–H and O–H groups in total. The van der Waals surface area contributed by atoms with E-state index in [0.717, 1.165) is 11.1 Å². The van der Waals surface area contributed by atoms with Crippen LogP contribution in [0.4, 0.5) is 4.39 Å². The molecule has 140 valence electrons. The number of halogens is 1. The van der Waals surface area contributed by atoms with Crippen LogP contribution in [0, 0.1) is 19.7 Å². The summed E-state index contributed by atoms with van der Waals surface area (Å²) in [6, 6.07) is 11.4. The molecular weight excluding hydrogens is 345 g/mol. The van der Waals surface area contributed by atoms with E-state index in [9.17, 15) is 9.18 Å². The highest BCUT2D eigenvalue weighted by atomic mass is 19.1. The molecule has 6 heteroatoms. The first-order valence-corrected chi connectivity index (χ1v) is 8.67. The Morgan fingerprint density at radius 3 is 2.70 bits per heavy atom. The quantitative estimate of drug-likeness (QED) is 0.726. The number of aryl methyl sites for hydroxylation is 3. The molecule has 1 heterocycles. The number of rotatable bonds is 6. The number of carbonyl (C=O) groups is 1. The van der Waals surface area contributed by atoms with Gasteiger partial charge in [-0.05, 0) is 31.5 Å². The van der Waals surface area contributed by atoms with E-state index in [-0.39, 0.29) is 12.5 Å². The van der Waals surface area contributed by atoms with Crippen LogP contribution in [-0.4, -0.2) is 22.1 Å². The SMILES string of the molecule is Cc1ccc(OCC(=O)N[C@H](c2ccccc2F)c2nccn2C)c(C)c1. The van der Waals surface area contributed by atoms with E-state index in [1.807, 2.05) is 32.0 Å². The summed E-state index contributed by atoms with van der Waals surface area (Å²) in [7, 11) is 1.80. The molecule has 0 aliphatic carbocycles. The van der Waals surface area contributed by atoms with Crippen molar-refractivity contribution in [3.63, 3.8) is 0 Å². The lowest BCUT2D eigenvalue weighted by atomic mass is 10.1. The van der Waals surface area contributed by atoms with E-state index in [1.54, 1.807) is 42.2 Å². The van der Waals surface area contributed by atoms with E-state index in [4.69, 9.17) is 4.74 Å². The third-order valence-electron chi connectivity index (χ3n) is 4.33. The van der Waals surface area contributed by atoms with Crippen molar-refractivity contribution in [1.82, 2.24) is 14.9 Å². The lowest BCUT2D eigenvalue weighted by Gasteiger charge is -2.20. The molecule has 3 rings (SSSR count). The van der Waals surface area contributed by atoms with Gasteiger partial charge in [-0.3, -0.25) is 4.79 Å². The highest BCUT2D eigenvalue weighted by Crippen LogP contribution is 2.23. The van der Waals surface area contributed by atoms with Crippen LogP contribution in [0.25, 0.3) is 0 Å². The van der Waals surface area contributed by atoms with Gasteiger partial charge < -0.3 is 14.6 Å². The number of ether oxygens (including phenoxy) is 1. The molecule has 2 aromatic carbocycles. The normalized spacial score (nSPS) is 11.9. The fraction of sp³-hybridized carbons (Fsp3) is 0.238. The summed E-state index contributed by atoms with van der Waals surface area (Å²) in [6.07, 6.45) is 3.36. The molecule has 0 aliphatic rings. The Morgan fingerprint density at radius 2 is 2.04 bits per heavy atom. The van der Waals surface area contributed by atoms with Gasteiger partial charge in [0.2, 0.25) is 0 Å². The average Bonchev–Trinajstić information content (AvgIpc) is 3.05. The van der Waals surface area contributed by atoms with Crippen LogP contribution in [0.3, 0.4) is 0 Å². The lowest BCUT2D eigenvalue weighted by molar-refractivity contribution is -0.123. The number of carbonyl (C=O) groups excluding carboxylic acids is 1. The summed E-state index contributed by atoms with van der Waals surface area (Å²) in [5, 5.41) is 2.83. The van der Waals surface area contributed by atoms with Gasteiger partial charge in [0.25, 0.3) is 5.91 Å². The minimum absolute atomic E-state index is 0.167. The molecule has 27 heavy (non-hydrogen) atoms. The van der Waals surface area contributed by atoms with E-state index in [0.29, 0.717) is 17.1 Å². The molecule has 1 aromatic heterocycles. The molecule has 5 nitrogen and oxygen atoms in total. The smallest absolute Gasteiger partial charge is 0.258 e. The second-order valence-electron chi connectivity index (χ2n) is 6.48. The van der Waals surface area contributed by atoms with E-state index in [2.05, 4.69) is 10.3 Å². The zero-order chi connectivity index (χ0) is 19.4. The number of imidazole rings is 1. The number of hydrogen-bond acceptors (Lipinski definition) is 3. The Kier molecular flexibility index (Phi) is 5.54. The Bertz CT molecular complexity index is 952. The van der Waals surface area contributed by atoms with Gasteiger partial charge in [-0.1, -0.05) is 35.9 Å². The van der Waals surface area contributed by atoms with E-state index < -0.39 is 11.9 Å². The van der Waals surface area contributed by atoms with Gasteiger partial charge in [0.1, 0.15) is 23.4 Å². The van der Waals surface area contributed by atoms with Gasteiger partial charge in [-0.15, -0.1) is 0 Å². The molecule has 1 amide bonds. The Labute approximate surface area is 157 Å². The Hall–Kier alpha value is -3.15. The Balaban J connectivity index is 1.77. The lowest BCUT2D eigenvalue weighted by Crippen LogP contribution is -2.35. The van der Waals surface area contributed by atoms with Gasteiger partial charge in [0.15, 0.2) is 6.61 Å². The van der Waals surface area contributed by atoms with Crippen molar-refractivity contribution in [2.24, 2.45) is 7.05 Å². The minimum Gasteiger partial charge on any atom is -0.484 e. The molecule has 0 bridgehead atoms. The van der Waals surface area contributed by atoms with Crippen molar-refractivity contribution in [1.29, 1.82) is 0 Å². The summed E-state index contributed by atoms with van der Waals surface area (Å²) >= 11 is 0. The zero-order valence-corrected chi connectivity index (χ0v) is 15.6. The van der Waals surface area contributed by atoms with Crippen LogP contribution in [-0.2, 0) is 11.8 Å². The fourth-order valence-corrected chi connectivity index (χ4v) is 2.95. The van der Waals surface area contributed by atoms with Crippen LogP contribution < -0.4 is 10.1 Å². The van der Waals surface area contributed by atoms with Crippen LogP contribution >= 0.6 is 0 Å². The van der Waals surface area contributed by atoms with Gasteiger partial charge in [0, 0.05) is 25.0 Å². The molecule has 0 saturated heterocycles. The summed E-state index contributed by atoms with van der Waals surface area (Å²) in [6.45, 7) is 3.75. The number of nitrogens with one attached hydrogen (secondary N) is 1. The summed E-state index contributed by atoms with van der Waals surface area (Å²) in [4.78, 5) is 16.8. The second kappa shape index (κ2) is 8.03.